The SMILES string of the molecule is Nc1cc(Cl)ccc1C(=O)OCC(=O)N(C1CC1)[C@@H]1CCS(=O)(=O)C1. The van der Waals surface area contributed by atoms with Crippen molar-refractivity contribution in [2.45, 2.75) is 31.3 Å². The van der Waals surface area contributed by atoms with Crippen molar-refractivity contribution in [3.8, 4) is 0 Å². The predicted octanol–water partition coefficient (Wildman–Crippen LogP) is 1.26. The Morgan fingerprint density at radius 1 is 1.24 bits per heavy atom. The number of carbonyl (C=O) groups excluding carboxylic acids is 2. The van der Waals surface area contributed by atoms with Crippen LogP contribution in [-0.4, -0.2) is 55.4 Å². The lowest BCUT2D eigenvalue weighted by atomic mass is 10.2. The summed E-state index contributed by atoms with van der Waals surface area (Å²) < 4.78 is 28.4. The molecule has 1 saturated heterocycles. The van der Waals surface area contributed by atoms with Crippen molar-refractivity contribution in [3.63, 3.8) is 0 Å². The summed E-state index contributed by atoms with van der Waals surface area (Å²) in [5.41, 5.74) is 6.04. The van der Waals surface area contributed by atoms with Gasteiger partial charge in [0.05, 0.1) is 17.1 Å². The van der Waals surface area contributed by atoms with E-state index in [2.05, 4.69) is 0 Å². The van der Waals surface area contributed by atoms with Gasteiger partial charge >= 0.3 is 5.97 Å². The fraction of sp³-hybridized carbons (Fsp3) is 0.500. The molecule has 0 aromatic heterocycles. The van der Waals surface area contributed by atoms with Gasteiger partial charge in [0.2, 0.25) is 0 Å². The molecule has 2 aliphatic rings. The van der Waals surface area contributed by atoms with Crippen LogP contribution < -0.4 is 5.73 Å². The van der Waals surface area contributed by atoms with Crippen LogP contribution in [0.2, 0.25) is 5.02 Å². The highest BCUT2D eigenvalue weighted by atomic mass is 35.5. The number of esters is 1. The van der Waals surface area contributed by atoms with Gasteiger partial charge in [0.15, 0.2) is 16.4 Å². The minimum atomic E-state index is -3.09. The molecule has 3 rings (SSSR count). The van der Waals surface area contributed by atoms with Crippen LogP contribution >= 0.6 is 11.6 Å². The molecule has 9 heteroatoms. The molecular formula is C16H19ClN2O5S. The van der Waals surface area contributed by atoms with E-state index in [0.717, 1.165) is 12.8 Å². The predicted molar refractivity (Wildman–Crippen MR) is 93.1 cm³/mol. The summed E-state index contributed by atoms with van der Waals surface area (Å²) in [5.74, 6) is -1.01. The Balaban J connectivity index is 1.63. The van der Waals surface area contributed by atoms with Crippen molar-refractivity contribution in [1.29, 1.82) is 0 Å². The largest absolute Gasteiger partial charge is 0.452 e. The lowest BCUT2D eigenvalue weighted by Gasteiger charge is -2.28. The second kappa shape index (κ2) is 6.84. The molecule has 1 amide bonds. The first-order valence-corrected chi connectivity index (χ1v) is 10.2. The van der Waals surface area contributed by atoms with Crippen LogP contribution in [0.3, 0.4) is 0 Å². The zero-order chi connectivity index (χ0) is 18.2. The number of nitrogens with zero attached hydrogens (tertiary/aromatic N) is 1. The van der Waals surface area contributed by atoms with Crippen LogP contribution in [0, 0.1) is 0 Å². The van der Waals surface area contributed by atoms with Crippen LogP contribution in [-0.2, 0) is 19.4 Å². The van der Waals surface area contributed by atoms with Gasteiger partial charge < -0.3 is 15.4 Å². The molecular weight excluding hydrogens is 368 g/mol. The second-order valence-corrected chi connectivity index (χ2v) is 9.06. The molecule has 0 radical (unpaired) electrons. The Hall–Kier alpha value is -1.80. The lowest BCUT2D eigenvalue weighted by Crippen LogP contribution is -2.44. The zero-order valence-electron chi connectivity index (χ0n) is 13.5. The number of nitrogens with two attached hydrogens (primary N) is 1. The summed E-state index contributed by atoms with van der Waals surface area (Å²) in [5, 5.41) is 0.396. The van der Waals surface area contributed by atoms with Gasteiger partial charge in [-0.15, -0.1) is 0 Å². The molecule has 1 aromatic carbocycles. The van der Waals surface area contributed by atoms with E-state index in [9.17, 15) is 18.0 Å². The molecule has 25 heavy (non-hydrogen) atoms. The number of ether oxygens (including phenoxy) is 1. The van der Waals surface area contributed by atoms with E-state index in [1.54, 1.807) is 4.90 Å². The molecule has 1 aromatic rings. The summed E-state index contributed by atoms with van der Waals surface area (Å²) in [7, 11) is -3.09. The molecule has 7 nitrogen and oxygen atoms in total. The van der Waals surface area contributed by atoms with E-state index >= 15 is 0 Å². The van der Waals surface area contributed by atoms with E-state index in [-0.39, 0.29) is 40.7 Å². The smallest absolute Gasteiger partial charge is 0.340 e. The molecule has 1 saturated carbocycles. The first kappa shape index (κ1) is 18.0. The van der Waals surface area contributed by atoms with Crippen LogP contribution in [0.15, 0.2) is 18.2 Å². The minimum absolute atomic E-state index is 0.0205. The van der Waals surface area contributed by atoms with Crippen LogP contribution in [0.1, 0.15) is 29.6 Å². The van der Waals surface area contributed by atoms with Gasteiger partial charge in [-0.25, -0.2) is 13.2 Å². The number of halogens is 1. The Kier molecular flexibility index (Phi) is 4.92. The van der Waals surface area contributed by atoms with Crippen LogP contribution in [0.25, 0.3) is 0 Å². The zero-order valence-corrected chi connectivity index (χ0v) is 15.1. The van der Waals surface area contributed by atoms with Gasteiger partial charge in [0.25, 0.3) is 5.91 Å². The van der Waals surface area contributed by atoms with Crippen LogP contribution in [0.4, 0.5) is 5.69 Å². The number of carbonyl (C=O) groups is 2. The molecule has 0 bridgehead atoms. The van der Waals surface area contributed by atoms with Gasteiger partial charge in [-0.1, -0.05) is 11.6 Å². The Labute approximate surface area is 151 Å². The molecule has 0 spiro atoms. The lowest BCUT2D eigenvalue weighted by molar-refractivity contribution is -0.137. The number of sulfone groups is 1. The number of hydrogen-bond acceptors (Lipinski definition) is 6. The van der Waals surface area contributed by atoms with Gasteiger partial charge in [0, 0.05) is 22.8 Å². The summed E-state index contributed by atoms with van der Waals surface area (Å²) in [6.07, 6.45) is 2.13. The normalized spacial score (nSPS) is 21.7. The van der Waals surface area contributed by atoms with E-state index in [1.807, 2.05) is 0 Å². The maximum Gasteiger partial charge on any atom is 0.340 e. The average molecular weight is 387 g/mol. The standard InChI is InChI=1S/C16H19ClN2O5S/c17-10-1-4-13(14(18)7-10)16(21)24-8-15(20)19(11-2-3-11)12-5-6-25(22,23)9-12/h1,4,7,11-12H,2-3,5-6,8-9,18H2/t12-/m1/s1. The molecule has 2 N–H and O–H groups in total. The molecule has 1 aliphatic heterocycles. The van der Waals surface area contributed by atoms with E-state index in [1.165, 1.54) is 18.2 Å². The molecule has 1 aliphatic carbocycles. The second-order valence-electron chi connectivity index (χ2n) is 6.40. The van der Waals surface area contributed by atoms with E-state index < -0.39 is 22.4 Å². The summed E-state index contributed by atoms with van der Waals surface area (Å²) in [6.45, 7) is -0.437. The molecule has 136 valence electrons. The molecule has 0 unspecified atom stereocenters. The van der Waals surface area contributed by atoms with Crippen molar-refractivity contribution in [1.82, 2.24) is 4.90 Å². The Bertz CT molecular complexity index is 807. The number of rotatable bonds is 5. The fourth-order valence-electron chi connectivity index (χ4n) is 3.05. The summed E-state index contributed by atoms with van der Waals surface area (Å²) in [4.78, 5) is 26.2. The molecule has 1 heterocycles. The van der Waals surface area contributed by atoms with Crippen LogP contribution in [0.5, 0.6) is 0 Å². The van der Waals surface area contributed by atoms with Crippen molar-refractivity contribution in [2.24, 2.45) is 0 Å². The van der Waals surface area contributed by atoms with Gasteiger partial charge in [-0.05, 0) is 37.5 Å². The number of nitrogen functional groups attached to an aromatic ring is 1. The third-order valence-corrected chi connectivity index (χ3v) is 6.38. The quantitative estimate of drug-likeness (QED) is 0.603. The van der Waals surface area contributed by atoms with E-state index in [0.29, 0.717) is 11.4 Å². The number of anilines is 1. The van der Waals surface area contributed by atoms with Crippen molar-refractivity contribution < 1.29 is 22.7 Å². The number of hydrogen-bond donors (Lipinski definition) is 1. The van der Waals surface area contributed by atoms with Crippen molar-refractivity contribution in [2.75, 3.05) is 23.8 Å². The Morgan fingerprint density at radius 3 is 2.52 bits per heavy atom. The highest BCUT2D eigenvalue weighted by Crippen LogP contribution is 2.32. The van der Waals surface area contributed by atoms with E-state index in [4.69, 9.17) is 22.1 Å². The maximum absolute atomic E-state index is 12.5. The van der Waals surface area contributed by atoms with Gasteiger partial charge in [-0.2, -0.15) is 0 Å². The first-order valence-electron chi connectivity index (χ1n) is 8.00. The molecule has 2 fully saturated rings. The third kappa shape index (κ3) is 4.24. The number of amides is 1. The molecule has 1 atom stereocenters. The first-order chi connectivity index (χ1) is 11.8. The monoisotopic (exact) mass is 386 g/mol. The highest BCUT2D eigenvalue weighted by Gasteiger charge is 2.42. The summed E-state index contributed by atoms with van der Waals surface area (Å²) in [6, 6.07) is 4.09. The van der Waals surface area contributed by atoms with Gasteiger partial charge in [0.1, 0.15) is 0 Å². The average Bonchev–Trinajstić information content (AvgIpc) is 3.29. The topological polar surface area (TPSA) is 107 Å². The minimum Gasteiger partial charge on any atom is -0.452 e. The summed E-state index contributed by atoms with van der Waals surface area (Å²) >= 11 is 5.79. The third-order valence-electron chi connectivity index (χ3n) is 4.39. The highest BCUT2D eigenvalue weighted by molar-refractivity contribution is 7.91. The van der Waals surface area contributed by atoms with Crippen molar-refractivity contribution >= 4 is 39.0 Å². The fourth-order valence-corrected chi connectivity index (χ4v) is 4.94. The Morgan fingerprint density at radius 2 is 1.96 bits per heavy atom. The maximum atomic E-state index is 12.5. The van der Waals surface area contributed by atoms with Gasteiger partial charge in [-0.3, -0.25) is 4.79 Å². The van der Waals surface area contributed by atoms with Crippen molar-refractivity contribution in [3.05, 3.63) is 28.8 Å². The number of benzene rings is 1.